The average Bonchev–Trinajstić information content (AvgIpc) is 3.18. The van der Waals surface area contributed by atoms with E-state index in [4.69, 9.17) is 21.1 Å². The Balaban J connectivity index is 1.40. The molecule has 2 aromatic carbocycles. The van der Waals surface area contributed by atoms with Gasteiger partial charge in [0.05, 0.1) is 31.6 Å². The van der Waals surface area contributed by atoms with Crippen molar-refractivity contribution in [2.24, 2.45) is 0 Å². The van der Waals surface area contributed by atoms with Crippen molar-refractivity contribution in [1.29, 1.82) is 0 Å². The molecule has 9 nitrogen and oxygen atoms in total. The minimum Gasteiger partial charge on any atom is -0.375 e. The van der Waals surface area contributed by atoms with Crippen LogP contribution >= 0.6 is 11.6 Å². The lowest BCUT2D eigenvalue weighted by Crippen LogP contribution is -2.38. The molecular weight excluding hydrogens is 444 g/mol. The first kappa shape index (κ1) is 21.9. The molecular formula is C23H25ClN6O3. The minimum atomic E-state index is -1.57. The molecule has 1 aromatic heterocycles. The van der Waals surface area contributed by atoms with Gasteiger partial charge in [-0.1, -0.05) is 29.8 Å². The number of hydrogen-bond donors (Lipinski definition) is 4. The number of halogens is 1. The summed E-state index contributed by atoms with van der Waals surface area (Å²) in [4.78, 5) is 11.0. The van der Waals surface area contributed by atoms with Gasteiger partial charge in [0.2, 0.25) is 5.95 Å². The molecule has 0 bridgehead atoms. The van der Waals surface area contributed by atoms with Gasteiger partial charge in [-0.05, 0) is 24.3 Å². The van der Waals surface area contributed by atoms with Crippen LogP contribution in [0.5, 0.6) is 0 Å². The number of fused-ring (bicyclic) bond motifs is 1. The highest BCUT2D eigenvalue weighted by Crippen LogP contribution is 2.33. The zero-order valence-corrected chi connectivity index (χ0v) is 18.9. The van der Waals surface area contributed by atoms with E-state index >= 15 is 0 Å². The fourth-order valence-corrected chi connectivity index (χ4v) is 4.10. The van der Waals surface area contributed by atoms with Crippen LogP contribution in [0.4, 0.5) is 28.8 Å². The SMILES string of the molecule is CN1CCOCc2cc(Nc3ncc(Cl)c(Nc4ccccc4C4(O)NCCO4)n3)ccc21. The Hall–Kier alpha value is -2.95. The zero-order valence-electron chi connectivity index (χ0n) is 18.1. The Morgan fingerprint density at radius 1 is 1.18 bits per heavy atom. The first-order valence-electron chi connectivity index (χ1n) is 10.7. The van der Waals surface area contributed by atoms with Gasteiger partial charge < -0.3 is 30.1 Å². The lowest BCUT2D eigenvalue weighted by atomic mass is 10.1. The number of likely N-dealkylation sites (N-methyl/N-ethyl adjacent to an activating group) is 1. The molecule has 3 aromatic rings. The van der Waals surface area contributed by atoms with Crippen molar-refractivity contribution in [3.8, 4) is 0 Å². The molecule has 10 heteroatoms. The Morgan fingerprint density at radius 3 is 2.91 bits per heavy atom. The van der Waals surface area contributed by atoms with E-state index in [9.17, 15) is 5.11 Å². The van der Waals surface area contributed by atoms with Gasteiger partial charge in [-0.15, -0.1) is 0 Å². The third-order valence-corrected chi connectivity index (χ3v) is 5.92. The average molecular weight is 469 g/mol. The van der Waals surface area contributed by atoms with Gasteiger partial charge in [0.1, 0.15) is 5.02 Å². The van der Waals surface area contributed by atoms with Crippen LogP contribution in [0.1, 0.15) is 11.1 Å². The van der Waals surface area contributed by atoms with Crippen molar-refractivity contribution in [2.75, 3.05) is 48.9 Å². The Kier molecular flexibility index (Phi) is 6.05. The van der Waals surface area contributed by atoms with E-state index in [1.54, 1.807) is 6.07 Å². The highest BCUT2D eigenvalue weighted by atomic mass is 35.5. The summed E-state index contributed by atoms with van der Waals surface area (Å²) in [6.45, 7) is 3.06. The van der Waals surface area contributed by atoms with Gasteiger partial charge in [-0.2, -0.15) is 4.98 Å². The second kappa shape index (κ2) is 9.12. The fraction of sp³-hybridized carbons (Fsp3) is 0.304. The highest BCUT2D eigenvalue weighted by molar-refractivity contribution is 6.32. The first-order valence-corrected chi connectivity index (χ1v) is 11.1. The monoisotopic (exact) mass is 468 g/mol. The predicted octanol–water partition coefficient (Wildman–Crippen LogP) is 3.31. The molecule has 0 aliphatic carbocycles. The van der Waals surface area contributed by atoms with Crippen molar-refractivity contribution in [1.82, 2.24) is 15.3 Å². The lowest BCUT2D eigenvalue weighted by molar-refractivity contribution is -0.193. The number of rotatable bonds is 5. The van der Waals surface area contributed by atoms with Crippen LogP contribution in [0.15, 0.2) is 48.7 Å². The predicted molar refractivity (Wildman–Crippen MR) is 127 cm³/mol. The molecule has 33 heavy (non-hydrogen) atoms. The van der Waals surface area contributed by atoms with Crippen LogP contribution in [-0.4, -0.2) is 48.4 Å². The van der Waals surface area contributed by atoms with Gasteiger partial charge in [-0.3, -0.25) is 5.32 Å². The molecule has 0 radical (unpaired) electrons. The number of aromatic nitrogens is 2. The summed E-state index contributed by atoms with van der Waals surface area (Å²) in [6, 6.07) is 13.4. The van der Waals surface area contributed by atoms with Gasteiger partial charge >= 0.3 is 0 Å². The van der Waals surface area contributed by atoms with Crippen molar-refractivity contribution in [3.63, 3.8) is 0 Å². The third kappa shape index (κ3) is 4.59. The summed E-state index contributed by atoms with van der Waals surface area (Å²) < 4.78 is 11.2. The normalized spacial score (nSPS) is 20.3. The molecule has 0 amide bonds. The maximum Gasteiger partial charge on any atom is 0.255 e. The van der Waals surface area contributed by atoms with Gasteiger partial charge in [-0.25, -0.2) is 4.98 Å². The van der Waals surface area contributed by atoms with E-state index in [0.717, 1.165) is 23.5 Å². The number of para-hydroxylation sites is 1. The summed E-state index contributed by atoms with van der Waals surface area (Å²) in [5.74, 6) is -0.779. The minimum absolute atomic E-state index is 0.347. The molecule has 5 rings (SSSR count). The largest absolute Gasteiger partial charge is 0.375 e. The summed E-state index contributed by atoms with van der Waals surface area (Å²) >= 11 is 6.38. The highest BCUT2D eigenvalue weighted by Gasteiger charge is 2.36. The second-order valence-corrected chi connectivity index (χ2v) is 8.33. The second-order valence-electron chi connectivity index (χ2n) is 7.92. The molecule has 3 heterocycles. The maximum absolute atomic E-state index is 10.8. The topological polar surface area (TPSA) is 104 Å². The molecule has 172 valence electrons. The Morgan fingerprint density at radius 2 is 2.06 bits per heavy atom. The van der Waals surface area contributed by atoms with Crippen molar-refractivity contribution in [2.45, 2.75) is 12.5 Å². The number of nitrogens with zero attached hydrogens (tertiary/aromatic N) is 3. The summed E-state index contributed by atoms with van der Waals surface area (Å²) in [7, 11) is 2.06. The van der Waals surface area contributed by atoms with E-state index in [0.29, 0.717) is 54.4 Å². The molecule has 4 N–H and O–H groups in total. The molecule has 0 saturated carbocycles. The van der Waals surface area contributed by atoms with Crippen LogP contribution in [-0.2, 0) is 22.0 Å². The molecule has 2 aliphatic heterocycles. The first-order chi connectivity index (χ1) is 16.0. The van der Waals surface area contributed by atoms with Crippen molar-refractivity contribution >= 4 is 40.4 Å². The number of aliphatic hydroxyl groups is 1. The standard InChI is InChI=1S/C23H25ClN6O3/c1-30-9-11-32-14-15-12-16(6-7-20(15)30)27-22-25-13-18(24)21(29-22)28-19-5-3-2-4-17(19)23(31)26-8-10-33-23/h2-7,12-13,26,31H,8-11,14H2,1H3,(H2,25,27,28,29). The number of ether oxygens (including phenoxy) is 2. The molecule has 1 atom stereocenters. The van der Waals surface area contributed by atoms with E-state index < -0.39 is 5.91 Å². The number of hydrogen-bond acceptors (Lipinski definition) is 9. The van der Waals surface area contributed by atoms with Crippen molar-refractivity contribution < 1.29 is 14.6 Å². The van der Waals surface area contributed by atoms with Gasteiger partial charge in [0, 0.05) is 42.8 Å². The van der Waals surface area contributed by atoms with Crippen LogP contribution in [0, 0.1) is 0 Å². The van der Waals surface area contributed by atoms with E-state index in [1.165, 1.54) is 6.20 Å². The van der Waals surface area contributed by atoms with E-state index in [1.807, 2.05) is 30.3 Å². The van der Waals surface area contributed by atoms with Crippen LogP contribution in [0.25, 0.3) is 0 Å². The molecule has 0 spiro atoms. The van der Waals surface area contributed by atoms with E-state index in [2.05, 4.69) is 43.9 Å². The Bertz CT molecular complexity index is 1150. The summed E-state index contributed by atoms with van der Waals surface area (Å²) in [6.07, 6.45) is 1.53. The molecule has 2 aliphatic rings. The lowest BCUT2D eigenvalue weighted by Gasteiger charge is -2.25. The Labute approximate surface area is 196 Å². The van der Waals surface area contributed by atoms with Crippen LogP contribution in [0.3, 0.4) is 0 Å². The third-order valence-electron chi connectivity index (χ3n) is 5.64. The maximum atomic E-state index is 10.8. The molecule has 1 unspecified atom stereocenters. The van der Waals surface area contributed by atoms with Gasteiger partial charge in [0.15, 0.2) is 5.82 Å². The zero-order chi connectivity index (χ0) is 22.8. The number of nitrogens with one attached hydrogen (secondary N) is 3. The fourth-order valence-electron chi connectivity index (χ4n) is 3.96. The molecule has 1 saturated heterocycles. The van der Waals surface area contributed by atoms with E-state index in [-0.39, 0.29) is 0 Å². The summed E-state index contributed by atoms with van der Waals surface area (Å²) in [5, 5.41) is 20.6. The smallest absolute Gasteiger partial charge is 0.255 e. The number of benzene rings is 2. The quantitative estimate of drug-likeness (QED) is 0.449. The number of anilines is 5. The van der Waals surface area contributed by atoms with Crippen molar-refractivity contribution in [3.05, 3.63) is 64.8 Å². The van der Waals surface area contributed by atoms with Gasteiger partial charge in [0.25, 0.3) is 5.91 Å². The molecule has 1 fully saturated rings. The van der Waals surface area contributed by atoms with Crippen LogP contribution in [0.2, 0.25) is 5.02 Å². The summed E-state index contributed by atoms with van der Waals surface area (Å²) in [5.41, 5.74) is 4.25. The van der Waals surface area contributed by atoms with Crippen LogP contribution < -0.4 is 20.9 Å².